The third-order valence-corrected chi connectivity index (χ3v) is 7.55. The van der Waals surface area contributed by atoms with Crippen LogP contribution in [0.5, 0.6) is 0 Å². The molecule has 0 bridgehead atoms. The van der Waals surface area contributed by atoms with Crippen molar-refractivity contribution in [3.63, 3.8) is 0 Å². The SMILES string of the molecule is CCCCCCCCc1ccc(N(C(=O)CCCOP(=O)(O)O)c2nc(-c3cccnc3)c(F)s2)cc1C(F)(F)F. The number of pyridine rings is 1. The first-order valence-corrected chi connectivity index (χ1v) is 15.5. The predicted octanol–water partition coefficient (Wildman–Crippen LogP) is 7.82. The van der Waals surface area contributed by atoms with Gasteiger partial charge in [-0.15, -0.1) is 0 Å². The smallest absolute Gasteiger partial charge is 0.303 e. The maximum atomic E-state index is 15.0. The summed E-state index contributed by atoms with van der Waals surface area (Å²) in [5, 5.41) is -0.953. The van der Waals surface area contributed by atoms with E-state index in [9.17, 15) is 26.9 Å². The Labute approximate surface area is 239 Å². The molecule has 41 heavy (non-hydrogen) atoms. The average molecular weight is 618 g/mol. The minimum Gasteiger partial charge on any atom is -0.303 e. The van der Waals surface area contributed by atoms with Crippen LogP contribution in [0.4, 0.5) is 28.4 Å². The minimum atomic E-state index is -4.77. The number of carbonyl (C=O) groups excluding carboxylic acids is 1. The fourth-order valence-electron chi connectivity index (χ4n) is 4.23. The van der Waals surface area contributed by atoms with Gasteiger partial charge in [0.2, 0.25) is 11.0 Å². The highest BCUT2D eigenvalue weighted by molar-refractivity contribution is 7.46. The summed E-state index contributed by atoms with van der Waals surface area (Å²) in [6.45, 7) is 1.61. The summed E-state index contributed by atoms with van der Waals surface area (Å²) in [5.41, 5.74) is -0.746. The zero-order valence-electron chi connectivity index (χ0n) is 22.4. The van der Waals surface area contributed by atoms with Crippen LogP contribution in [-0.2, 0) is 26.5 Å². The van der Waals surface area contributed by atoms with Crippen molar-refractivity contribution in [2.75, 3.05) is 11.5 Å². The van der Waals surface area contributed by atoms with Crippen molar-refractivity contribution >= 4 is 35.9 Å². The number of unbranched alkanes of at least 4 members (excludes halogenated alkanes) is 5. The third-order valence-electron chi connectivity index (χ3n) is 6.20. The van der Waals surface area contributed by atoms with Crippen molar-refractivity contribution in [3.05, 3.63) is 59.0 Å². The average Bonchev–Trinajstić information content (AvgIpc) is 3.29. The van der Waals surface area contributed by atoms with Gasteiger partial charge in [0.15, 0.2) is 5.13 Å². The van der Waals surface area contributed by atoms with E-state index in [1.165, 1.54) is 24.5 Å². The fourth-order valence-corrected chi connectivity index (χ4v) is 5.45. The van der Waals surface area contributed by atoms with Gasteiger partial charge in [-0.1, -0.05) is 56.4 Å². The molecule has 2 N–H and O–H groups in total. The largest absolute Gasteiger partial charge is 0.469 e. The van der Waals surface area contributed by atoms with Gasteiger partial charge in [-0.05, 0) is 49.1 Å². The van der Waals surface area contributed by atoms with Crippen LogP contribution in [-0.4, -0.2) is 32.3 Å². The van der Waals surface area contributed by atoms with Crippen molar-refractivity contribution in [2.24, 2.45) is 0 Å². The summed E-state index contributed by atoms with van der Waals surface area (Å²) < 4.78 is 72.7. The molecule has 8 nitrogen and oxygen atoms in total. The number of rotatable bonds is 15. The molecule has 1 aromatic carbocycles. The van der Waals surface area contributed by atoms with E-state index >= 15 is 0 Å². The highest BCUT2D eigenvalue weighted by atomic mass is 32.1. The molecule has 0 unspecified atom stereocenters. The molecule has 0 aliphatic carbocycles. The number of amides is 1. The number of hydrogen-bond donors (Lipinski definition) is 2. The summed E-state index contributed by atoms with van der Waals surface area (Å²) in [6, 6.07) is 6.68. The Balaban J connectivity index is 1.94. The number of halogens is 4. The van der Waals surface area contributed by atoms with E-state index in [0.29, 0.717) is 23.3 Å². The van der Waals surface area contributed by atoms with E-state index in [-0.39, 0.29) is 41.3 Å². The lowest BCUT2D eigenvalue weighted by atomic mass is 9.99. The van der Waals surface area contributed by atoms with Crippen LogP contribution in [0, 0.1) is 5.13 Å². The molecule has 0 spiro atoms. The summed E-state index contributed by atoms with van der Waals surface area (Å²) in [7, 11) is -4.77. The van der Waals surface area contributed by atoms with Gasteiger partial charge in [0.25, 0.3) is 0 Å². The van der Waals surface area contributed by atoms with Crippen LogP contribution in [0.15, 0.2) is 42.7 Å². The number of thiazole rings is 1. The van der Waals surface area contributed by atoms with Gasteiger partial charge in [-0.3, -0.25) is 19.2 Å². The van der Waals surface area contributed by atoms with Gasteiger partial charge >= 0.3 is 14.0 Å². The number of benzene rings is 1. The third kappa shape index (κ3) is 9.96. The number of carbonyl (C=O) groups is 1. The Kier molecular flexibility index (Phi) is 12.0. The second-order valence-corrected chi connectivity index (χ2v) is 11.5. The molecule has 1 amide bonds. The minimum absolute atomic E-state index is 0.0977. The predicted molar refractivity (Wildman–Crippen MR) is 148 cm³/mol. The van der Waals surface area contributed by atoms with Crippen LogP contribution in [0.2, 0.25) is 0 Å². The number of phosphoric acid groups is 1. The summed E-state index contributed by atoms with van der Waals surface area (Å²) in [5.74, 6) is -0.748. The van der Waals surface area contributed by atoms with E-state index in [2.05, 4.69) is 21.4 Å². The molecular formula is C27H32F4N3O5PS. The van der Waals surface area contributed by atoms with Gasteiger partial charge in [0, 0.05) is 24.4 Å². The summed E-state index contributed by atoms with van der Waals surface area (Å²) in [6.07, 6.45) is 3.37. The van der Waals surface area contributed by atoms with E-state index in [1.54, 1.807) is 12.1 Å². The molecule has 0 aliphatic rings. The van der Waals surface area contributed by atoms with E-state index in [1.807, 2.05) is 0 Å². The van der Waals surface area contributed by atoms with Gasteiger partial charge in [-0.25, -0.2) is 9.55 Å². The van der Waals surface area contributed by atoms with Gasteiger partial charge in [0.1, 0.15) is 5.69 Å². The van der Waals surface area contributed by atoms with Crippen molar-refractivity contribution < 1.29 is 41.2 Å². The lowest BCUT2D eigenvalue weighted by Crippen LogP contribution is -2.26. The fraction of sp³-hybridized carbons (Fsp3) is 0.444. The highest BCUT2D eigenvalue weighted by Crippen LogP contribution is 2.40. The van der Waals surface area contributed by atoms with Crippen LogP contribution in [0.3, 0.4) is 0 Å². The Morgan fingerprint density at radius 2 is 1.83 bits per heavy atom. The Hall–Kier alpha value is -2.70. The zero-order valence-corrected chi connectivity index (χ0v) is 24.2. The maximum Gasteiger partial charge on any atom is 0.469 e. The number of aromatic nitrogens is 2. The first kappa shape index (κ1) is 32.8. The quantitative estimate of drug-likeness (QED) is 0.102. The van der Waals surface area contributed by atoms with E-state index in [0.717, 1.165) is 43.1 Å². The van der Waals surface area contributed by atoms with Crippen molar-refractivity contribution in [2.45, 2.75) is 70.9 Å². The Morgan fingerprint density at radius 1 is 1.10 bits per heavy atom. The normalized spacial score (nSPS) is 12.1. The molecule has 0 atom stereocenters. The van der Waals surface area contributed by atoms with Crippen molar-refractivity contribution in [3.8, 4) is 11.3 Å². The van der Waals surface area contributed by atoms with Gasteiger partial charge < -0.3 is 9.79 Å². The highest BCUT2D eigenvalue weighted by Gasteiger charge is 2.35. The van der Waals surface area contributed by atoms with Crippen LogP contribution in [0.1, 0.15) is 69.4 Å². The van der Waals surface area contributed by atoms with Crippen LogP contribution < -0.4 is 4.90 Å². The molecule has 2 aromatic heterocycles. The zero-order chi connectivity index (χ0) is 30.0. The maximum absolute atomic E-state index is 15.0. The first-order valence-electron chi connectivity index (χ1n) is 13.2. The number of aryl methyl sites for hydroxylation is 1. The molecule has 0 radical (unpaired) electrons. The van der Waals surface area contributed by atoms with Gasteiger partial charge in [-0.2, -0.15) is 17.6 Å². The van der Waals surface area contributed by atoms with E-state index in [4.69, 9.17) is 9.79 Å². The summed E-state index contributed by atoms with van der Waals surface area (Å²) in [4.78, 5) is 40.1. The summed E-state index contributed by atoms with van der Waals surface area (Å²) >= 11 is 0.487. The van der Waals surface area contributed by atoms with Crippen molar-refractivity contribution in [1.29, 1.82) is 0 Å². The number of hydrogen-bond acceptors (Lipinski definition) is 6. The monoisotopic (exact) mass is 617 g/mol. The number of anilines is 2. The molecule has 2 heterocycles. The molecule has 0 aliphatic heterocycles. The molecular weight excluding hydrogens is 585 g/mol. The van der Waals surface area contributed by atoms with Crippen LogP contribution in [0.25, 0.3) is 11.3 Å². The molecule has 3 aromatic rings. The number of phosphoric ester groups is 1. The Bertz CT molecular complexity index is 1330. The topological polar surface area (TPSA) is 113 Å². The lowest BCUT2D eigenvalue weighted by molar-refractivity contribution is -0.138. The first-order chi connectivity index (χ1) is 19.4. The second-order valence-electron chi connectivity index (χ2n) is 9.37. The standard InChI is InChI=1S/C27H32F4N3O5PS/c1-2-3-4-5-6-7-10-19-13-14-21(17-22(19)27(29,30)31)34(23(35)12-9-16-39-40(36,37)38)26-33-24(25(28)41-26)20-11-8-15-32-18-20/h8,11,13-15,17-18H,2-7,9-10,12,16H2,1H3,(H2,36,37,38). The number of nitrogens with zero attached hydrogens (tertiary/aromatic N) is 3. The van der Waals surface area contributed by atoms with Crippen molar-refractivity contribution in [1.82, 2.24) is 9.97 Å². The molecule has 3 rings (SSSR count). The second kappa shape index (κ2) is 15.0. The molecule has 0 saturated heterocycles. The molecule has 224 valence electrons. The van der Waals surface area contributed by atoms with E-state index < -0.39 is 37.2 Å². The molecule has 14 heteroatoms. The Morgan fingerprint density at radius 3 is 2.49 bits per heavy atom. The molecule has 0 saturated carbocycles. The van der Waals surface area contributed by atoms with Gasteiger partial charge in [0.05, 0.1) is 17.9 Å². The lowest BCUT2D eigenvalue weighted by Gasteiger charge is -2.23. The number of alkyl halides is 3. The molecule has 0 fully saturated rings. The van der Waals surface area contributed by atoms with Crippen LogP contribution >= 0.6 is 19.2 Å².